The third kappa shape index (κ3) is 7.45. The van der Waals surface area contributed by atoms with E-state index < -0.39 is 0 Å². The summed E-state index contributed by atoms with van der Waals surface area (Å²) in [7, 11) is 2.20. The molecule has 0 atom stereocenters. The molecule has 0 amide bonds. The molecule has 0 bridgehead atoms. The SMILES string of the molecule is CN1CCC(CCN=C(N)NCCc2ccccc2)CC1.I. The van der Waals surface area contributed by atoms with Gasteiger partial charge in [0.25, 0.3) is 0 Å². The molecule has 0 spiro atoms. The molecule has 1 fully saturated rings. The van der Waals surface area contributed by atoms with Gasteiger partial charge in [-0.05, 0) is 57.3 Å². The van der Waals surface area contributed by atoms with Gasteiger partial charge in [-0.15, -0.1) is 24.0 Å². The number of aliphatic imine (C=N–C) groups is 1. The Morgan fingerprint density at radius 3 is 2.64 bits per heavy atom. The van der Waals surface area contributed by atoms with E-state index in [0.717, 1.165) is 31.8 Å². The Labute approximate surface area is 151 Å². The van der Waals surface area contributed by atoms with Crippen molar-refractivity contribution in [2.45, 2.75) is 25.7 Å². The fourth-order valence-electron chi connectivity index (χ4n) is 2.75. The van der Waals surface area contributed by atoms with Crippen molar-refractivity contribution in [3.63, 3.8) is 0 Å². The molecule has 1 aromatic rings. The van der Waals surface area contributed by atoms with Gasteiger partial charge in [0, 0.05) is 13.1 Å². The molecule has 5 heteroatoms. The monoisotopic (exact) mass is 416 g/mol. The van der Waals surface area contributed by atoms with Gasteiger partial charge in [0.15, 0.2) is 5.96 Å². The van der Waals surface area contributed by atoms with E-state index in [-0.39, 0.29) is 24.0 Å². The minimum Gasteiger partial charge on any atom is -0.370 e. The van der Waals surface area contributed by atoms with Crippen LogP contribution in [0.1, 0.15) is 24.8 Å². The third-order valence-corrected chi connectivity index (χ3v) is 4.22. The van der Waals surface area contributed by atoms with Crippen LogP contribution >= 0.6 is 24.0 Å². The van der Waals surface area contributed by atoms with Gasteiger partial charge in [-0.2, -0.15) is 0 Å². The minimum absolute atomic E-state index is 0. The molecule has 2 rings (SSSR count). The second-order valence-electron chi connectivity index (χ2n) is 5.96. The van der Waals surface area contributed by atoms with Crippen molar-refractivity contribution in [1.82, 2.24) is 10.2 Å². The van der Waals surface area contributed by atoms with Crippen LogP contribution in [0, 0.1) is 5.92 Å². The lowest BCUT2D eigenvalue weighted by atomic mass is 9.94. The summed E-state index contributed by atoms with van der Waals surface area (Å²) < 4.78 is 0. The summed E-state index contributed by atoms with van der Waals surface area (Å²) in [5.74, 6) is 1.40. The zero-order chi connectivity index (χ0) is 14.9. The van der Waals surface area contributed by atoms with E-state index in [1.165, 1.54) is 31.5 Å². The quantitative estimate of drug-likeness (QED) is 0.426. The maximum Gasteiger partial charge on any atom is 0.188 e. The van der Waals surface area contributed by atoms with E-state index in [0.29, 0.717) is 5.96 Å². The Balaban J connectivity index is 0.00000242. The molecule has 1 saturated heterocycles. The van der Waals surface area contributed by atoms with Gasteiger partial charge in [-0.3, -0.25) is 4.99 Å². The zero-order valence-electron chi connectivity index (χ0n) is 13.5. The second kappa shape index (κ2) is 10.8. The van der Waals surface area contributed by atoms with Crippen molar-refractivity contribution in [1.29, 1.82) is 0 Å². The van der Waals surface area contributed by atoms with Crippen LogP contribution < -0.4 is 11.1 Å². The molecule has 1 heterocycles. The lowest BCUT2D eigenvalue weighted by Crippen LogP contribution is -2.34. The van der Waals surface area contributed by atoms with Crippen LogP contribution in [0.4, 0.5) is 0 Å². The van der Waals surface area contributed by atoms with Crippen LogP contribution in [0.2, 0.25) is 0 Å². The van der Waals surface area contributed by atoms with E-state index in [2.05, 4.69) is 46.5 Å². The molecule has 4 nitrogen and oxygen atoms in total. The fourth-order valence-corrected chi connectivity index (χ4v) is 2.75. The fraction of sp³-hybridized carbons (Fsp3) is 0.588. The first-order valence-corrected chi connectivity index (χ1v) is 8.00. The van der Waals surface area contributed by atoms with Gasteiger partial charge >= 0.3 is 0 Å². The lowest BCUT2D eigenvalue weighted by molar-refractivity contribution is 0.214. The molecule has 0 aliphatic carbocycles. The summed E-state index contributed by atoms with van der Waals surface area (Å²) in [6, 6.07) is 10.4. The maximum absolute atomic E-state index is 5.91. The van der Waals surface area contributed by atoms with Gasteiger partial charge in [0.1, 0.15) is 0 Å². The molecule has 0 aromatic heterocycles. The first kappa shape index (κ1) is 19.2. The van der Waals surface area contributed by atoms with Crippen LogP contribution in [-0.4, -0.2) is 44.1 Å². The number of nitrogens with zero attached hydrogens (tertiary/aromatic N) is 2. The largest absolute Gasteiger partial charge is 0.370 e. The Bertz CT molecular complexity index is 428. The van der Waals surface area contributed by atoms with Crippen molar-refractivity contribution in [3.05, 3.63) is 35.9 Å². The number of rotatable bonds is 6. The average Bonchev–Trinajstić information content (AvgIpc) is 2.50. The molecule has 3 N–H and O–H groups in total. The normalized spacial score (nSPS) is 17.0. The van der Waals surface area contributed by atoms with Crippen molar-refractivity contribution in [2.24, 2.45) is 16.6 Å². The molecule has 0 radical (unpaired) electrons. The van der Waals surface area contributed by atoms with Gasteiger partial charge in [0.05, 0.1) is 0 Å². The Hall–Kier alpha value is -0.820. The number of benzene rings is 1. The number of nitrogens with two attached hydrogens (primary N) is 1. The summed E-state index contributed by atoms with van der Waals surface area (Å²) in [4.78, 5) is 6.84. The van der Waals surface area contributed by atoms with Crippen LogP contribution in [0.5, 0.6) is 0 Å². The van der Waals surface area contributed by atoms with Crippen molar-refractivity contribution < 1.29 is 0 Å². The smallest absolute Gasteiger partial charge is 0.188 e. The number of halogens is 1. The lowest BCUT2D eigenvalue weighted by Gasteiger charge is -2.28. The highest BCUT2D eigenvalue weighted by molar-refractivity contribution is 14.0. The minimum atomic E-state index is 0. The van der Waals surface area contributed by atoms with Crippen LogP contribution in [0.25, 0.3) is 0 Å². The molecule has 22 heavy (non-hydrogen) atoms. The third-order valence-electron chi connectivity index (χ3n) is 4.22. The highest BCUT2D eigenvalue weighted by Gasteiger charge is 2.15. The molecule has 0 saturated carbocycles. The number of hydrogen-bond acceptors (Lipinski definition) is 2. The average molecular weight is 416 g/mol. The zero-order valence-corrected chi connectivity index (χ0v) is 15.8. The molecule has 0 unspecified atom stereocenters. The second-order valence-corrected chi connectivity index (χ2v) is 5.96. The predicted molar refractivity (Wildman–Crippen MR) is 105 cm³/mol. The van der Waals surface area contributed by atoms with E-state index in [1.54, 1.807) is 0 Å². The van der Waals surface area contributed by atoms with E-state index >= 15 is 0 Å². The summed E-state index contributed by atoms with van der Waals surface area (Å²) >= 11 is 0. The summed E-state index contributed by atoms with van der Waals surface area (Å²) in [5.41, 5.74) is 7.23. The first-order valence-electron chi connectivity index (χ1n) is 8.00. The topological polar surface area (TPSA) is 53.6 Å². The van der Waals surface area contributed by atoms with E-state index in [1.807, 2.05) is 6.07 Å². The number of likely N-dealkylation sites (tertiary alicyclic amines) is 1. The summed E-state index contributed by atoms with van der Waals surface area (Å²) in [6.07, 6.45) is 4.74. The first-order chi connectivity index (χ1) is 10.2. The summed E-state index contributed by atoms with van der Waals surface area (Å²) in [6.45, 7) is 4.13. The van der Waals surface area contributed by atoms with Crippen molar-refractivity contribution >= 4 is 29.9 Å². The van der Waals surface area contributed by atoms with Gasteiger partial charge in [0.2, 0.25) is 0 Å². The Morgan fingerprint density at radius 1 is 1.27 bits per heavy atom. The van der Waals surface area contributed by atoms with Gasteiger partial charge in [-0.1, -0.05) is 30.3 Å². The highest BCUT2D eigenvalue weighted by atomic mass is 127. The molecule has 124 valence electrons. The molecule has 1 aromatic carbocycles. The van der Waals surface area contributed by atoms with Crippen LogP contribution in [0.3, 0.4) is 0 Å². The molecular weight excluding hydrogens is 387 g/mol. The van der Waals surface area contributed by atoms with Crippen molar-refractivity contribution in [3.8, 4) is 0 Å². The Kier molecular flexibility index (Phi) is 9.47. The van der Waals surface area contributed by atoms with E-state index in [4.69, 9.17) is 5.73 Å². The number of guanidine groups is 1. The van der Waals surface area contributed by atoms with Gasteiger partial charge < -0.3 is 16.0 Å². The highest BCUT2D eigenvalue weighted by Crippen LogP contribution is 2.19. The van der Waals surface area contributed by atoms with Crippen LogP contribution in [-0.2, 0) is 6.42 Å². The number of hydrogen-bond donors (Lipinski definition) is 2. The molecule has 1 aliphatic rings. The van der Waals surface area contributed by atoms with Crippen molar-refractivity contribution in [2.75, 3.05) is 33.2 Å². The standard InChI is InChI=1S/C17H28N4.HI/c1-21-13-9-16(10-14-21)8-12-20-17(18)19-11-7-15-5-3-2-4-6-15;/h2-6,16H,7-14H2,1H3,(H3,18,19,20);1H. The predicted octanol–water partition coefficient (Wildman–Crippen LogP) is 2.48. The van der Waals surface area contributed by atoms with Crippen LogP contribution in [0.15, 0.2) is 35.3 Å². The molecular formula is C17H29IN4. The summed E-state index contributed by atoms with van der Waals surface area (Å²) in [5, 5.41) is 3.20. The number of piperidine rings is 1. The van der Waals surface area contributed by atoms with Gasteiger partial charge in [-0.25, -0.2) is 0 Å². The maximum atomic E-state index is 5.91. The molecule has 1 aliphatic heterocycles. The Morgan fingerprint density at radius 2 is 1.95 bits per heavy atom. The number of nitrogens with one attached hydrogen (secondary N) is 1. The van der Waals surface area contributed by atoms with E-state index in [9.17, 15) is 0 Å².